The first-order valence-electron chi connectivity index (χ1n) is 9.77. The number of carbonyl (C=O) groups excluding carboxylic acids is 1. The second kappa shape index (κ2) is 13.1. The van der Waals surface area contributed by atoms with E-state index in [0.717, 1.165) is 10.5 Å². The van der Waals surface area contributed by atoms with Gasteiger partial charge in [-0.15, -0.1) is 19.3 Å². The molecule has 0 radical (unpaired) electrons. The molecule has 1 aromatic rings. The molecule has 2 rings (SSSR count). The summed E-state index contributed by atoms with van der Waals surface area (Å²) in [4.78, 5) is 13.0. The molecule has 0 saturated carbocycles. The van der Waals surface area contributed by atoms with Crippen molar-refractivity contribution in [3.63, 3.8) is 0 Å². The molecule has 6 nitrogen and oxygen atoms in total. The topological polar surface area (TPSA) is 66.0 Å². The molecule has 0 aliphatic carbocycles. The van der Waals surface area contributed by atoms with Crippen LogP contribution in [0.15, 0.2) is 29.2 Å². The van der Waals surface area contributed by atoms with E-state index in [1.807, 2.05) is 31.2 Å². The van der Waals surface area contributed by atoms with Crippen LogP contribution in [0.5, 0.6) is 0 Å². The number of terminal acetylenes is 3. The summed E-state index contributed by atoms with van der Waals surface area (Å²) in [6, 6.07) is 7.48. The van der Waals surface area contributed by atoms with Crippen molar-refractivity contribution in [1.82, 2.24) is 5.32 Å². The second-order valence-electron chi connectivity index (χ2n) is 6.88. The van der Waals surface area contributed by atoms with Crippen LogP contribution < -0.4 is 5.32 Å². The van der Waals surface area contributed by atoms with E-state index < -0.39 is 29.8 Å². The lowest BCUT2D eigenvalue weighted by Gasteiger charge is -2.45. The van der Waals surface area contributed by atoms with Gasteiger partial charge in [0.25, 0.3) is 0 Å². The number of nitrogens with one attached hydrogen (secondary N) is 1. The van der Waals surface area contributed by atoms with E-state index >= 15 is 0 Å². The van der Waals surface area contributed by atoms with E-state index in [9.17, 15) is 4.79 Å². The molecule has 1 saturated heterocycles. The Morgan fingerprint density at radius 1 is 1.06 bits per heavy atom. The van der Waals surface area contributed by atoms with Crippen molar-refractivity contribution in [1.29, 1.82) is 0 Å². The van der Waals surface area contributed by atoms with Gasteiger partial charge in [-0.3, -0.25) is 4.79 Å². The van der Waals surface area contributed by atoms with E-state index in [-0.39, 0.29) is 32.3 Å². The van der Waals surface area contributed by atoms with E-state index in [2.05, 4.69) is 23.1 Å². The lowest BCUT2D eigenvalue weighted by atomic mass is 9.97. The summed E-state index contributed by atoms with van der Waals surface area (Å²) in [5.74, 6) is 7.12. The van der Waals surface area contributed by atoms with Crippen LogP contribution in [0.3, 0.4) is 0 Å². The van der Waals surface area contributed by atoms with Gasteiger partial charge in [0, 0.05) is 11.8 Å². The molecular formula is C24H27NO5S. The Balaban J connectivity index is 2.36. The molecule has 0 spiro atoms. The SMILES string of the molecule is C#CCOC[C@H]1O[C@@H](Sc2ccc(C)cc2)[C@H](NC(C)=O)[C@@H](OCC#C)[C@@H]1OCC#C. The normalized spacial score (nSPS) is 25.1. The summed E-state index contributed by atoms with van der Waals surface area (Å²) in [7, 11) is 0. The summed E-state index contributed by atoms with van der Waals surface area (Å²) in [5.41, 5.74) is 0.658. The van der Waals surface area contributed by atoms with Crippen LogP contribution in [0.1, 0.15) is 12.5 Å². The van der Waals surface area contributed by atoms with Gasteiger partial charge in [0.2, 0.25) is 5.91 Å². The minimum Gasteiger partial charge on any atom is -0.366 e. The smallest absolute Gasteiger partial charge is 0.217 e. The Kier molecular flexibility index (Phi) is 10.5. The first-order chi connectivity index (χ1) is 15.0. The number of aryl methyl sites for hydroxylation is 1. The number of amides is 1. The van der Waals surface area contributed by atoms with Crippen molar-refractivity contribution in [2.45, 2.75) is 48.5 Å². The van der Waals surface area contributed by atoms with Crippen LogP contribution in [0, 0.1) is 44.0 Å². The molecule has 1 aliphatic heterocycles. The van der Waals surface area contributed by atoms with Crippen LogP contribution in [0.4, 0.5) is 0 Å². The third kappa shape index (κ3) is 7.64. The highest BCUT2D eigenvalue weighted by atomic mass is 32.2. The number of rotatable bonds is 10. The highest BCUT2D eigenvalue weighted by molar-refractivity contribution is 7.99. The fraction of sp³-hybridized carbons (Fsp3) is 0.458. The number of hydrogen-bond acceptors (Lipinski definition) is 6. The standard InChI is InChI=1S/C24H27NO5S/c1-6-13-27-16-20-22(28-14-7-2)23(29-15-8-3)21(25-18(5)26)24(30-20)31-19-11-9-17(4)10-12-19/h1-3,9-12,20-24H,13-16H2,4-5H3,(H,25,26)/t20-,21-,22-,23-,24+/m1/s1. The number of thioether (sulfide) groups is 1. The van der Waals surface area contributed by atoms with Crippen LogP contribution in [0.2, 0.25) is 0 Å². The molecule has 31 heavy (non-hydrogen) atoms. The minimum atomic E-state index is -0.617. The zero-order valence-corrected chi connectivity index (χ0v) is 18.5. The molecular weight excluding hydrogens is 414 g/mol. The van der Waals surface area contributed by atoms with Gasteiger partial charge < -0.3 is 24.3 Å². The van der Waals surface area contributed by atoms with Crippen molar-refractivity contribution >= 4 is 17.7 Å². The predicted molar refractivity (Wildman–Crippen MR) is 120 cm³/mol. The molecule has 1 N–H and O–H groups in total. The Hall–Kier alpha value is -2.44. The Morgan fingerprint density at radius 3 is 2.26 bits per heavy atom. The molecule has 1 heterocycles. The lowest BCUT2D eigenvalue weighted by Crippen LogP contribution is -2.64. The Bertz CT molecular complexity index is 836. The van der Waals surface area contributed by atoms with Crippen LogP contribution >= 0.6 is 11.8 Å². The lowest BCUT2D eigenvalue weighted by molar-refractivity contribution is -0.201. The number of benzene rings is 1. The van der Waals surface area contributed by atoms with Crippen molar-refractivity contribution < 1.29 is 23.7 Å². The van der Waals surface area contributed by atoms with Gasteiger partial charge >= 0.3 is 0 Å². The summed E-state index contributed by atoms with van der Waals surface area (Å²) in [5, 5.41) is 2.93. The van der Waals surface area contributed by atoms with E-state index in [1.54, 1.807) is 0 Å². The molecule has 0 aromatic heterocycles. The van der Waals surface area contributed by atoms with Crippen molar-refractivity contribution in [3.8, 4) is 37.0 Å². The summed E-state index contributed by atoms with van der Waals surface area (Å²) in [6.45, 7) is 3.83. The zero-order valence-electron chi connectivity index (χ0n) is 17.7. The molecule has 1 fully saturated rings. The van der Waals surface area contributed by atoms with Crippen LogP contribution in [-0.2, 0) is 23.7 Å². The fourth-order valence-corrected chi connectivity index (χ4v) is 4.33. The molecule has 0 bridgehead atoms. The highest BCUT2D eigenvalue weighted by Crippen LogP contribution is 2.36. The monoisotopic (exact) mass is 441 g/mol. The van der Waals surface area contributed by atoms with Crippen molar-refractivity contribution in [2.75, 3.05) is 26.4 Å². The zero-order chi connectivity index (χ0) is 22.6. The third-order valence-corrected chi connectivity index (χ3v) is 5.66. The summed E-state index contributed by atoms with van der Waals surface area (Å²) < 4.78 is 23.7. The van der Waals surface area contributed by atoms with E-state index in [4.69, 9.17) is 38.2 Å². The van der Waals surface area contributed by atoms with E-state index in [1.165, 1.54) is 18.7 Å². The molecule has 1 aromatic carbocycles. The molecule has 5 atom stereocenters. The Morgan fingerprint density at radius 2 is 1.68 bits per heavy atom. The van der Waals surface area contributed by atoms with Gasteiger partial charge in [0.05, 0.1) is 12.6 Å². The first-order valence-corrected chi connectivity index (χ1v) is 10.6. The highest BCUT2D eigenvalue weighted by Gasteiger charge is 2.48. The summed E-state index contributed by atoms with van der Waals surface area (Å²) in [6.07, 6.45) is 14.4. The first kappa shape index (κ1) is 24.8. The van der Waals surface area contributed by atoms with Crippen LogP contribution in [0.25, 0.3) is 0 Å². The van der Waals surface area contributed by atoms with Gasteiger partial charge in [0.15, 0.2) is 0 Å². The Labute approximate surface area is 188 Å². The molecule has 0 unspecified atom stereocenters. The van der Waals surface area contributed by atoms with Gasteiger partial charge in [-0.05, 0) is 19.1 Å². The number of hydrogen-bond donors (Lipinski definition) is 1. The van der Waals surface area contributed by atoms with Gasteiger partial charge in [-0.2, -0.15) is 0 Å². The number of ether oxygens (including phenoxy) is 4. The maximum Gasteiger partial charge on any atom is 0.217 e. The minimum absolute atomic E-state index is 0.0382. The van der Waals surface area contributed by atoms with Crippen LogP contribution in [-0.4, -0.2) is 62.1 Å². The average molecular weight is 442 g/mol. The third-order valence-electron chi connectivity index (χ3n) is 4.48. The van der Waals surface area contributed by atoms with E-state index in [0.29, 0.717) is 0 Å². The van der Waals surface area contributed by atoms with Gasteiger partial charge in [-0.1, -0.05) is 47.2 Å². The van der Waals surface area contributed by atoms with Gasteiger partial charge in [0.1, 0.15) is 43.6 Å². The van der Waals surface area contributed by atoms with Crippen molar-refractivity contribution in [3.05, 3.63) is 29.8 Å². The summed E-state index contributed by atoms with van der Waals surface area (Å²) >= 11 is 1.47. The largest absolute Gasteiger partial charge is 0.366 e. The molecule has 7 heteroatoms. The fourth-order valence-electron chi connectivity index (χ4n) is 3.20. The maximum atomic E-state index is 12.0. The van der Waals surface area contributed by atoms with Gasteiger partial charge in [-0.25, -0.2) is 0 Å². The predicted octanol–water partition coefficient (Wildman–Crippen LogP) is 2.00. The second-order valence-corrected chi connectivity index (χ2v) is 8.05. The number of carbonyl (C=O) groups is 1. The van der Waals surface area contributed by atoms with Crippen molar-refractivity contribution in [2.24, 2.45) is 0 Å². The quantitative estimate of drug-likeness (QED) is 0.443. The molecule has 1 aliphatic rings. The maximum absolute atomic E-state index is 12.0. The average Bonchev–Trinajstić information content (AvgIpc) is 2.74. The molecule has 164 valence electrons. The molecule has 1 amide bonds.